The molecule has 0 amide bonds. The van der Waals surface area contributed by atoms with Gasteiger partial charge in [0.05, 0.1) is 12.2 Å². The van der Waals surface area contributed by atoms with Gasteiger partial charge in [-0.1, -0.05) is 24.6 Å². The van der Waals surface area contributed by atoms with Crippen molar-refractivity contribution in [2.75, 3.05) is 6.61 Å². The minimum Gasteiger partial charge on any atom is -0.366 e. The van der Waals surface area contributed by atoms with Gasteiger partial charge in [-0.05, 0) is 86.5 Å². The summed E-state index contributed by atoms with van der Waals surface area (Å²) in [6.45, 7) is 3.27. The first-order chi connectivity index (χ1) is 12.2. The van der Waals surface area contributed by atoms with Crippen molar-refractivity contribution in [3.63, 3.8) is 0 Å². The molecule has 7 unspecified atom stereocenters. The smallest absolute Gasteiger partial charge is 0.155 e. The third kappa shape index (κ3) is 1.69. The van der Waals surface area contributed by atoms with E-state index in [1.807, 2.05) is 6.08 Å². The predicted octanol–water partition coefficient (Wildman–Crippen LogP) is 4.70. The van der Waals surface area contributed by atoms with Crippen LogP contribution in [-0.2, 0) is 9.53 Å². The van der Waals surface area contributed by atoms with Gasteiger partial charge in [0.1, 0.15) is 0 Å². The summed E-state index contributed by atoms with van der Waals surface area (Å²) in [7, 11) is 0. The van der Waals surface area contributed by atoms with Crippen molar-refractivity contribution in [2.24, 2.45) is 40.9 Å². The second-order valence-corrected chi connectivity index (χ2v) is 9.78. The Balaban J connectivity index is 1.40. The van der Waals surface area contributed by atoms with Gasteiger partial charge in [0.25, 0.3) is 0 Å². The Morgan fingerprint density at radius 1 is 1.16 bits per heavy atom. The van der Waals surface area contributed by atoms with E-state index in [2.05, 4.69) is 19.1 Å². The van der Waals surface area contributed by atoms with Gasteiger partial charge in [0, 0.05) is 11.8 Å². The van der Waals surface area contributed by atoms with Crippen molar-refractivity contribution in [3.05, 3.63) is 23.8 Å². The van der Waals surface area contributed by atoms with Crippen molar-refractivity contribution in [1.29, 1.82) is 0 Å². The predicted molar refractivity (Wildman–Crippen MR) is 96.9 cm³/mol. The van der Waals surface area contributed by atoms with Crippen LogP contribution in [0.5, 0.6) is 0 Å². The largest absolute Gasteiger partial charge is 0.366 e. The number of fused-ring (bicyclic) bond motifs is 9. The minimum atomic E-state index is 0.0840. The Kier molecular flexibility index (Phi) is 2.97. The Bertz CT molecular complexity index is 690. The van der Waals surface area contributed by atoms with E-state index in [0.717, 1.165) is 55.0 Å². The number of hydrogen-bond acceptors (Lipinski definition) is 2. The molecular weight excluding hydrogens is 308 g/mol. The first kappa shape index (κ1) is 15.2. The molecule has 2 heteroatoms. The molecule has 0 aromatic heterocycles. The van der Waals surface area contributed by atoms with Crippen LogP contribution in [0.25, 0.3) is 0 Å². The maximum absolute atomic E-state index is 11.9. The Hall–Kier alpha value is -0.890. The molecule has 0 saturated heterocycles. The Labute approximate surface area is 151 Å². The zero-order chi connectivity index (χ0) is 16.8. The van der Waals surface area contributed by atoms with Gasteiger partial charge in [0.15, 0.2) is 5.78 Å². The van der Waals surface area contributed by atoms with Crippen molar-refractivity contribution >= 4 is 5.78 Å². The zero-order valence-corrected chi connectivity index (χ0v) is 15.4. The van der Waals surface area contributed by atoms with Crippen LogP contribution in [-0.4, -0.2) is 18.0 Å². The lowest BCUT2D eigenvalue weighted by molar-refractivity contribution is -0.143. The van der Waals surface area contributed by atoms with Crippen LogP contribution in [0.4, 0.5) is 0 Å². The summed E-state index contributed by atoms with van der Waals surface area (Å²) < 4.78 is 6.55. The summed E-state index contributed by atoms with van der Waals surface area (Å²) in [5.74, 6) is 5.44. The molecule has 1 heterocycles. The van der Waals surface area contributed by atoms with Crippen LogP contribution >= 0.6 is 0 Å². The number of rotatable bonds is 1. The number of ether oxygens (including phenoxy) is 1. The van der Waals surface area contributed by atoms with E-state index < -0.39 is 0 Å². The Morgan fingerprint density at radius 3 is 2.88 bits per heavy atom. The molecule has 1 aliphatic heterocycles. The zero-order valence-electron chi connectivity index (χ0n) is 15.4. The average molecular weight is 338 g/mol. The third-order valence-corrected chi connectivity index (χ3v) is 9.43. The third-order valence-electron chi connectivity index (χ3n) is 9.43. The number of ketones is 1. The summed E-state index contributed by atoms with van der Waals surface area (Å²) in [5, 5.41) is 0. The lowest BCUT2D eigenvalue weighted by Crippen LogP contribution is -2.56. The van der Waals surface area contributed by atoms with Crippen LogP contribution in [0.15, 0.2) is 23.8 Å². The minimum absolute atomic E-state index is 0.0840. The van der Waals surface area contributed by atoms with Gasteiger partial charge in [-0.15, -0.1) is 0 Å². The summed E-state index contributed by atoms with van der Waals surface area (Å²) in [6, 6.07) is 0. The summed E-state index contributed by atoms with van der Waals surface area (Å²) >= 11 is 0. The molecule has 6 aliphatic rings. The van der Waals surface area contributed by atoms with Crippen LogP contribution < -0.4 is 0 Å². The molecule has 0 radical (unpaired) electrons. The molecule has 1 spiro atoms. The normalized spacial score (nSPS) is 55.4. The molecule has 6 rings (SSSR count). The average Bonchev–Trinajstić information content (AvgIpc) is 3.20. The topological polar surface area (TPSA) is 26.3 Å². The maximum Gasteiger partial charge on any atom is 0.155 e. The van der Waals surface area contributed by atoms with Gasteiger partial charge < -0.3 is 4.74 Å². The van der Waals surface area contributed by atoms with Gasteiger partial charge >= 0.3 is 0 Å². The fraction of sp³-hybridized carbons (Fsp3) is 0.783. The van der Waals surface area contributed by atoms with Gasteiger partial charge in [-0.2, -0.15) is 0 Å². The standard InChI is InChI=1S/C23H30O2/c1-2-22-10-8-17-16-7-5-15(24)12-14(16)4-6-18(17)21(22)19-13-20(19)23(22)9-3-11-25-23/h3,9,12,16-21H,2,4-8,10-11,13H2,1H3/t16?,17?,18?,19-,20?,21?,22?,23?/m1/s1. The van der Waals surface area contributed by atoms with Crippen LogP contribution in [0, 0.1) is 40.9 Å². The van der Waals surface area contributed by atoms with Crippen molar-refractivity contribution in [2.45, 2.75) is 63.9 Å². The molecule has 4 fully saturated rings. The molecule has 0 aromatic rings. The second kappa shape index (κ2) is 4.88. The summed E-state index contributed by atoms with van der Waals surface area (Å²) in [4.78, 5) is 11.9. The van der Waals surface area contributed by atoms with Crippen LogP contribution in [0.1, 0.15) is 58.3 Å². The second-order valence-electron chi connectivity index (χ2n) is 9.78. The van der Waals surface area contributed by atoms with Crippen LogP contribution in [0.3, 0.4) is 0 Å². The highest BCUT2D eigenvalue weighted by atomic mass is 16.5. The van der Waals surface area contributed by atoms with E-state index in [4.69, 9.17) is 4.74 Å². The fourth-order valence-corrected chi connectivity index (χ4v) is 8.67. The Morgan fingerprint density at radius 2 is 2.08 bits per heavy atom. The van der Waals surface area contributed by atoms with E-state index in [1.165, 1.54) is 44.1 Å². The van der Waals surface area contributed by atoms with Crippen LogP contribution in [0.2, 0.25) is 0 Å². The van der Waals surface area contributed by atoms with E-state index in [9.17, 15) is 4.79 Å². The molecular formula is C23H30O2. The van der Waals surface area contributed by atoms with E-state index in [-0.39, 0.29) is 5.60 Å². The molecule has 8 atom stereocenters. The SMILES string of the molecule is CCC12CCC3C4CCC(=O)C=C4CCC3C1[C@@H]1CC1C21C=CCO1. The van der Waals surface area contributed by atoms with E-state index in [1.54, 1.807) is 0 Å². The summed E-state index contributed by atoms with van der Waals surface area (Å²) in [6.07, 6.45) is 16.7. The van der Waals surface area contributed by atoms with Crippen molar-refractivity contribution in [3.8, 4) is 0 Å². The highest BCUT2D eigenvalue weighted by Gasteiger charge is 2.77. The number of carbonyl (C=O) groups excluding carboxylic acids is 1. The molecule has 4 saturated carbocycles. The van der Waals surface area contributed by atoms with E-state index in [0.29, 0.717) is 11.2 Å². The maximum atomic E-state index is 11.9. The molecule has 25 heavy (non-hydrogen) atoms. The van der Waals surface area contributed by atoms with E-state index >= 15 is 0 Å². The van der Waals surface area contributed by atoms with Gasteiger partial charge in [-0.25, -0.2) is 0 Å². The molecule has 5 aliphatic carbocycles. The number of carbonyl (C=O) groups is 1. The van der Waals surface area contributed by atoms with Crippen molar-refractivity contribution in [1.82, 2.24) is 0 Å². The van der Waals surface area contributed by atoms with Gasteiger partial charge in [-0.3, -0.25) is 4.79 Å². The lowest BCUT2D eigenvalue weighted by atomic mass is 9.48. The van der Waals surface area contributed by atoms with Gasteiger partial charge in [0.2, 0.25) is 0 Å². The molecule has 2 nitrogen and oxygen atoms in total. The quantitative estimate of drug-likeness (QED) is 0.648. The molecule has 0 N–H and O–H groups in total. The fourth-order valence-electron chi connectivity index (χ4n) is 8.67. The van der Waals surface area contributed by atoms with Crippen molar-refractivity contribution < 1.29 is 9.53 Å². The number of hydrogen-bond donors (Lipinski definition) is 0. The number of allylic oxidation sites excluding steroid dienone is 1. The highest BCUT2D eigenvalue weighted by Crippen LogP contribution is 2.78. The monoisotopic (exact) mass is 338 g/mol. The first-order valence-corrected chi connectivity index (χ1v) is 10.7. The summed E-state index contributed by atoms with van der Waals surface area (Å²) in [5.41, 5.74) is 2.00. The first-order valence-electron chi connectivity index (χ1n) is 10.7. The highest BCUT2D eigenvalue weighted by molar-refractivity contribution is 5.91. The molecule has 134 valence electrons. The molecule has 0 bridgehead atoms. The lowest BCUT2D eigenvalue weighted by Gasteiger charge is -2.58. The molecule has 0 aromatic carbocycles.